The number of anilines is 1. The lowest BCUT2D eigenvalue weighted by Crippen LogP contribution is -2.53. The molecule has 0 bridgehead atoms. The fraction of sp³-hybridized carbons (Fsp3) is 0.368. The van der Waals surface area contributed by atoms with Gasteiger partial charge in [0.25, 0.3) is 0 Å². The molecular formula is C19H18FN5O3. The SMILES string of the molecule is CC(=O)N1CCN2c3cc(OCc4ccc(F)c(C#N)c4)nc(=O)n3CC2C1. The average Bonchev–Trinajstić information content (AvgIpc) is 3.06. The lowest BCUT2D eigenvalue weighted by Gasteiger charge is -2.37. The highest BCUT2D eigenvalue weighted by Gasteiger charge is 2.36. The Morgan fingerprint density at radius 2 is 2.18 bits per heavy atom. The number of halogens is 1. The van der Waals surface area contributed by atoms with Crippen molar-refractivity contribution in [2.75, 3.05) is 24.5 Å². The van der Waals surface area contributed by atoms with Crippen molar-refractivity contribution in [1.29, 1.82) is 5.26 Å². The van der Waals surface area contributed by atoms with Crippen LogP contribution in [-0.2, 0) is 17.9 Å². The number of piperazine rings is 1. The van der Waals surface area contributed by atoms with Gasteiger partial charge in [0.2, 0.25) is 11.8 Å². The molecule has 1 fully saturated rings. The van der Waals surface area contributed by atoms with Gasteiger partial charge in [-0.05, 0) is 17.7 Å². The Bertz CT molecular complexity index is 1040. The van der Waals surface area contributed by atoms with Crippen molar-refractivity contribution >= 4 is 11.7 Å². The fourth-order valence-electron chi connectivity index (χ4n) is 3.67. The molecule has 0 spiro atoms. The third-order valence-electron chi connectivity index (χ3n) is 5.12. The van der Waals surface area contributed by atoms with E-state index in [9.17, 15) is 14.0 Å². The van der Waals surface area contributed by atoms with E-state index in [1.54, 1.807) is 28.5 Å². The minimum absolute atomic E-state index is 0.0288. The molecule has 0 aliphatic carbocycles. The summed E-state index contributed by atoms with van der Waals surface area (Å²) < 4.78 is 20.6. The Balaban J connectivity index is 1.53. The van der Waals surface area contributed by atoms with Gasteiger partial charge in [0, 0.05) is 32.6 Å². The van der Waals surface area contributed by atoms with Crippen molar-refractivity contribution in [3.05, 3.63) is 51.7 Å². The van der Waals surface area contributed by atoms with Crippen LogP contribution >= 0.6 is 0 Å². The summed E-state index contributed by atoms with van der Waals surface area (Å²) in [5.41, 5.74) is 0.135. The number of carbonyl (C=O) groups is 1. The van der Waals surface area contributed by atoms with Gasteiger partial charge < -0.3 is 14.5 Å². The van der Waals surface area contributed by atoms with Crippen molar-refractivity contribution in [3.63, 3.8) is 0 Å². The first kappa shape index (κ1) is 18.0. The van der Waals surface area contributed by atoms with Crippen molar-refractivity contribution in [2.24, 2.45) is 0 Å². The summed E-state index contributed by atoms with van der Waals surface area (Å²) >= 11 is 0. The minimum atomic E-state index is -0.587. The minimum Gasteiger partial charge on any atom is -0.473 e. The van der Waals surface area contributed by atoms with Crippen LogP contribution in [0.5, 0.6) is 5.88 Å². The molecule has 4 rings (SSSR count). The van der Waals surface area contributed by atoms with Crippen molar-refractivity contribution in [3.8, 4) is 11.9 Å². The molecule has 144 valence electrons. The lowest BCUT2D eigenvalue weighted by atomic mass is 10.1. The second-order valence-electron chi connectivity index (χ2n) is 6.87. The molecule has 0 radical (unpaired) electrons. The molecule has 28 heavy (non-hydrogen) atoms. The smallest absolute Gasteiger partial charge is 0.352 e. The number of rotatable bonds is 3. The Kier molecular flexibility index (Phi) is 4.47. The van der Waals surface area contributed by atoms with Gasteiger partial charge in [0.15, 0.2) is 0 Å². The predicted octanol–water partition coefficient (Wildman–Crippen LogP) is 0.884. The standard InChI is InChI=1S/C19H18FN5O3/c1-12(26)23-4-5-24-15(9-23)10-25-18(24)7-17(22-19(25)27)28-11-13-2-3-16(20)14(6-13)8-21/h2-3,6-7,15H,4-5,9-11H2,1H3. The summed E-state index contributed by atoms with van der Waals surface area (Å²) in [5.74, 6) is 0.339. The molecule has 0 saturated carbocycles. The van der Waals surface area contributed by atoms with E-state index >= 15 is 0 Å². The van der Waals surface area contributed by atoms with Crippen molar-refractivity contribution in [1.82, 2.24) is 14.5 Å². The molecule has 3 heterocycles. The van der Waals surface area contributed by atoms with E-state index in [2.05, 4.69) is 9.88 Å². The fourth-order valence-corrected chi connectivity index (χ4v) is 3.67. The second-order valence-corrected chi connectivity index (χ2v) is 6.87. The number of ether oxygens (including phenoxy) is 1. The molecule has 0 N–H and O–H groups in total. The topological polar surface area (TPSA) is 91.5 Å². The average molecular weight is 383 g/mol. The third-order valence-corrected chi connectivity index (χ3v) is 5.12. The van der Waals surface area contributed by atoms with Gasteiger partial charge in [-0.15, -0.1) is 0 Å². The van der Waals surface area contributed by atoms with Gasteiger partial charge in [-0.1, -0.05) is 6.07 Å². The molecule has 1 unspecified atom stereocenters. The van der Waals surface area contributed by atoms with Gasteiger partial charge >= 0.3 is 5.69 Å². The van der Waals surface area contributed by atoms with E-state index in [0.717, 1.165) is 5.82 Å². The van der Waals surface area contributed by atoms with E-state index in [-0.39, 0.29) is 30.0 Å². The van der Waals surface area contributed by atoms with Gasteiger partial charge in [-0.2, -0.15) is 10.2 Å². The molecule has 1 aromatic heterocycles. The van der Waals surface area contributed by atoms with Gasteiger partial charge in [0.1, 0.15) is 24.3 Å². The molecule has 9 heteroatoms. The molecular weight excluding hydrogens is 365 g/mol. The zero-order valence-electron chi connectivity index (χ0n) is 15.3. The summed E-state index contributed by atoms with van der Waals surface area (Å²) in [6.45, 7) is 3.90. The van der Waals surface area contributed by atoms with Crippen molar-refractivity contribution < 1.29 is 13.9 Å². The Labute approximate surface area is 160 Å². The number of hydrogen-bond acceptors (Lipinski definition) is 6. The number of amides is 1. The van der Waals surface area contributed by atoms with E-state index < -0.39 is 11.5 Å². The van der Waals surface area contributed by atoms with Crippen LogP contribution < -0.4 is 15.3 Å². The predicted molar refractivity (Wildman–Crippen MR) is 97.3 cm³/mol. The highest BCUT2D eigenvalue weighted by atomic mass is 19.1. The molecule has 1 aromatic carbocycles. The van der Waals surface area contributed by atoms with Gasteiger partial charge in [-0.3, -0.25) is 9.36 Å². The first-order chi connectivity index (χ1) is 13.5. The number of aromatic nitrogens is 2. The number of benzene rings is 1. The molecule has 1 saturated heterocycles. The zero-order valence-corrected chi connectivity index (χ0v) is 15.3. The normalized spacial score (nSPS) is 17.7. The van der Waals surface area contributed by atoms with Crippen LogP contribution in [0.2, 0.25) is 0 Å². The summed E-state index contributed by atoms with van der Waals surface area (Å²) in [6.07, 6.45) is 0. The Morgan fingerprint density at radius 1 is 1.36 bits per heavy atom. The molecule has 1 amide bonds. The van der Waals surface area contributed by atoms with Crippen LogP contribution in [0.25, 0.3) is 0 Å². The van der Waals surface area contributed by atoms with Crippen LogP contribution in [0.4, 0.5) is 10.2 Å². The first-order valence-electron chi connectivity index (χ1n) is 8.91. The van der Waals surface area contributed by atoms with Gasteiger partial charge in [-0.25, -0.2) is 9.18 Å². The van der Waals surface area contributed by atoms with Crippen LogP contribution in [-0.4, -0.2) is 46.0 Å². The molecule has 2 aliphatic heterocycles. The van der Waals surface area contributed by atoms with E-state index in [1.165, 1.54) is 18.2 Å². The largest absolute Gasteiger partial charge is 0.473 e. The first-order valence-corrected chi connectivity index (χ1v) is 8.91. The number of nitrogens with zero attached hydrogens (tertiary/aromatic N) is 5. The Hall–Kier alpha value is -3.41. The van der Waals surface area contributed by atoms with Crippen LogP contribution in [0.15, 0.2) is 29.1 Å². The van der Waals surface area contributed by atoms with Crippen LogP contribution in [0.3, 0.4) is 0 Å². The molecule has 2 aromatic rings. The third kappa shape index (κ3) is 3.17. The zero-order chi connectivity index (χ0) is 19.8. The maximum absolute atomic E-state index is 13.4. The van der Waals surface area contributed by atoms with E-state index in [0.29, 0.717) is 31.7 Å². The molecule has 8 nitrogen and oxygen atoms in total. The monoisotopic (exact) mass is 383 g/mol. The highest BCUT2D eigenvalue weighted by Crippen LogP contribution is 2.29. The number of carbonyl (C=O) groups excluding carboxylic acids is 1. The summed E-state index contributed by atoms with van der Waals surface area (Å²) in [7, 11) is 0. The lowest BCUT2D eigenvalue weighted by molar-refractivity contribution is -0.129. The maximum atomic E-state index is 13.4. The van der Waals surface area contributed by atoms with E-state index in [1.807, 2.05) is 0 Å². The number of hydrogen-bond donors (Lipinski definition) is 0. The highest BCUT2D eigenvalue weighted by molar-refractivity contribution is 5.73. The summed E-state index contributed by atoms with van der Waals surface area (Å²) in [4.78, 5) is 31.9. The summed E-state index contributed by atoms with van der Waals surface area (Å²) in [6, 6.07) is 7.67. The molecule has 2 aliphatic rings. The van der Waals surface area contributed by atoms with Crippen LogP contribution in [0.1, 0.15) is 18.1 Å². The second kappa shape index (κ2) is 6.96. The number of nitriles is 1. The van der Waals surface area contributed by atoms with Crippen LogP contribution in [0, 0.1) is 17.1 Å². The molecule has 1 atom stereocenters. The van der Waals surface area contributed by atoms with Gasteiger partial charge in [0.05, 0.1) is 18.2 Å². The van der Waals surface area contributed by atoms with E-state index in [4.69, 9.17) is 10.00 Å². The Morgan fingerprint density at radius 3 is 2.93 bits per heavy atom. The quantitative estimate of drug-likeness (QED) is 0.782. The number of fused-ring (bicyclic) bond motifs is 3. The van der Waals surface area contributed by atoms with Crippen molar-refractivity contribution in [2.45, 2.75) is 26.1 Å². The maximum Gasteiger partial charge on any atom is 0.352 e. The summed E-state index contributed by atoms with van der Waals surface area (Å²) in [5, 5.41) is 8.92.